The molecule has 0 radical (unpaired) electrons. The maximum atomic E-state index is 11.3. The van der Waals surface area contributed by atoms with Crippen LogP contribution >= 0.6 is 24.0 Å². The van der Waals surface area contributed by atoms with Crippen molar-refractivity contribution < 1.29 is 9.53 Å². The summed E-state index contributed by atoms with van der Waals surface area (Å²) in [7, 11) is 0. The summed E-state index contributed by atoms with van der Waals surface area (Å²) < 4.78 is 5.55. The first-order chi connectivity index (χ1) is 10.0. The summed E-state index contributed by atoms with van der Waals surface area (Å²) in [6.07, 6.45) is 0. The Hall–Kier alpha value is -0.570. The predicted octanol–water partition coefficient (Wildman–Crippen LogP) is 1.41. The van der Waals surface area contributed by atoms with Gasteiger partial charge in [0.15, 0.2) is 5.96 Å². The Bertz CT molecular complexity index is 342. The van der Waals surface area contributed by atoms with Crippen molar-refractivity contribution in [2.45, 2.75) is 27.7 Å². The lowest BCUT2D eigenvalue weighted by Crippen LogP contribution is -2.53. The average Bonchev–Trinajstić information content (AvgIpc) is 2.45. The van der Waals surface area contributed by atoms with Gasteiger partial charge in [-0.3, -0.25) is 9.79 Å². The van der Waals surface area contributed by atoms with Crippen LogP contribution in [-0.2, 0) is 9.53 Å². The molecule has 0 saturated carbocycles. The van der Waals surface area contributed by atoms with Crippen molar-refractivity contribution in [1.29, 1.82) is 0 Å². The van der Waals surface area contributed by atoms with Crippen molar-refractivity contribution in [3.63, 3.8) is 0 Å². The van der Waals surface area contributed by atoms with Crippen molar-refractivity contribution in [1.82, 2.24) is 15.1 Å². The second kappa shape index (κ2) is 11.9. The first-order valence-electron chi connectivity index (χ1n) is 7.91. The summed E-state index contributed by atoms with van der Waals surface area (Å²) in [6.45, 7) is 14.1. The van der Waals surface area contributed by atoms with Gasteiger partial charge in [-0.2, -0.15) is 0 Å². The number of aliphatic imine (C=N–C) groups is 1. The number of guanidine groups is 1. The smallest absolute Gasteiger partial charge is 0.219 e. The molecular formula is C15H31IN4O2. The Kier molecular flexibility index (Phi) is 11.6. The fourth-order valence-electron chi connectivity index (χ4n) is 2.19. The molecule has 0 aromatic heterocycles. The predicted molar refractivity (Wildman–Crippen MR) is 101 cm³/mol. The molecule has 1 N–H and O–H groups in total. The second-order valence-electron chi connectivity index (χ2n) is 5.70. The number of rotatable bonds is 6. The van der Waals surface area contributed by atoms with E-state index in [2.05, 4.69) is 36.0 Å². The van der Waals surface area contributed by atoms with Crippen molar-refractivity contribution in [3.05, 3.63) is 0 Å². The first kappa shape index (κ1) is 21.4. The van der Waals surface area contributed by atoms with E-state index in [-0.39, 0.29) is 29.9 Å². The van der Waals surface area contributed by atoms with Gasteiger partial charge in [0.1, 0.15) is 0 Å². The topological polar surface area (TPSA) is 57.2 Å². The van der Waals surface area contributed by atoms with Gasteiger partial charge in [0, 0.05) is 46.3 Å². The Morgan fingerprint density at radius 2 is 1.82 bits per heavy atom. The first-order valence-corrected chi connectivity index (χ1v) is 7.91. The lowest BCUT2D eigenvalue weighted by molar-refractivity contribution is -0.130. The molecule has 1 amide bonds. The summed E-state index contributed by atoms with van der Waals surface area (Å²) in [6, 6.07) is 0. The SMILES string of the molecule is CCNC(=NCCOCC(C)C)N1CCN(C(C)=O)CC1.I. The van der Waals surface area contributed by atoms with Crippen LogP contribution in [0.25, 0.3) is 0 Å². The summed E-state index contributed by atoms with van der Waals surface area (Å²) in [5, 5.41) is 3.31. The summed E-state index contributed by atoms with van der Waals surface area (Å²) >= 11 is 0. The van der Waals surface area contributed by atoms with Crippen LogP contribution in [0.1, 0.15) is 27.7 Å². The molecule has 1 fully saturated rings. The van der Waals surface area contributed by atoms with Crippen LogP contribution in [0.4, 0.5) is 0 Å². The molecule has 130 valence electrons. The number of carbonyl (C=O) groups excluding carboxylic acids is 1. The van der Waals surface area contributed by atoms with Crippen molar-refractivity contribution in [2.75, 3.05) is 52.5 Å². The van der Waals surface area contributed by atoms with Gasteiger partial charge in [-0.1, -0.05) is 13.8 Å². The number of nitrogens with one attached hydrogen (secondary N) is 1. The molecule has 7 heteroatoms. The summed E-state index contributed by atoms with van der Waals surface area (Å²) in [5.74, 6) is 1.63. The molecule has 0 atom stereocenters. The highest BCUT2D eigenvalue weighted by Gasteiger charge is 2.20. The minimum Gasteiger partial charge on any atom is -0.379 e. The molecule has 0 unspecified atom stereocenters. The third-order valence-electron chi connectivity index (χ3n) is 3.31. The van der Waals surface area contributed by atoms with E-state index in [0.717, 1.165) is 45.3 Å². The molecule has 1 saturated heterocycles. The van der Waals surface area contributed by atoms with E-state index < -0.39 is 0 Å². The number of ether oxygens (including phenoxy) is 1. The normalized spacial score (nSPS) is 15.8. The zero-order chi connectivity index (χ0) is 15.7. The number of halogens is 1. The van der Waals surface area contributed by atoms with Gasteiger partial charge in [0.05, 0.1) is 13.2 Å². The number of piperazine rings is 1. The minimum absolute atomic E-state index is 0. The highest BCUT2D eigenvalue weighted by Crippen LogP contribution is 2.02. The van der Waals surface area contributed by atoms with E-state index in [0.29, 0.717) is 19.1 Å². The van der Waals surface area contributed by atoms with E-state index >= 15 is 0 Å². The molecule has 0 bridgehead atoms. The Morgan fingerprint density at radius 3 is 2.32 bits per heavy atom. The molecular weight excluding hydrogens is 395 g/mol. The van der Waals surface area contributed by atoms with Crippen LogP contribution in [0, 0.1) is 5.92 Å². The minimum atomic E-state index is 0. The van der Waals surface area contributed by atoms with Crippen LogP contribution in [0.15, 0.2) is 4.99 Å². The van der Waals surface area contributed by atoms with E-state index in [4.69, 9.17) is 4.74 Å². The van der Waals surface area contributed by atoms with E-state index in [9.17, 15) is 4.79 Å². The number of carbonyl (C=O) groups is 1. The van der Waals surface area contributed by atoms with Gasteiger partial charge in [-0.25, -0.2) is 0 Å². The molecule has 1 aliphatic rings. The number of hydrogen-bond acceptors (Lipinski definition) is 3. The van der Waals surface area contributed by atoms with Gasteiger partial charge in [-0.05, 0) is 12.8 Å². The zero-order valence-corrected chi connectivity index (χ0v) is 16.6. The maximum absolute atomic E-state index is 11.3. The van der Waals surface area contributed by atoms with Gasteiger partial charge >= 0.3 is 0 Å². The summed E-state index contributed by atoms with van der Waals surface area (Å²) in [4.78, 5) is 20.0. The molecule has 22 heavy (non-hydrogen) atoms. The van der Waals surface area contributed by atoms with Gasteiger partial charge in [-0.15, -0.1) is 24.0 Å². The van der Waals surface area contributed by atoms with Crippen LogP contribution in [0.2, 0.25) is 0 Å². The van der Waals surface area contributed by atoms with Crippen LogP contribution in [-0.4, -0.2) is 74.1 Å². The van der Waals surface area contributed by atoms with Crippen LogP contribution in [0.5, 0.6) is 0 Å². The number of amides is 1. The van der Waals surface area contributed by atoms with Crippen molar-refractivity contribution in [2.24, 2.45) is 10.9 Å². The molecule has 0 aliphatic carbocycles. The number of hydrogen-bond donors (Lipinski definition) is 1. The Morgan fingerprint density at radius 1 is 1.23 bits per heavy atom. The van der Waals surface area contributed by atoms with Crippen LogP contribution in [0.3, 0.4) is 0 Å². The van der Waals surface area contributed by atoms with Crippen LogP contribution < -0.4 is 5.32 Å². The van der Waals surface area contributed by atoms with Gasteiger partial charge in [0.2, 0.25) is 5.91 Å². The monoisotopic (exact) mass is 426 g/mol. The van der Waals surface area contributed by atoms with Crippen molar-refractivity contribution >= 4 is 35.8 Å². The lowest BCUT2D eigenvalue weighted by Gasteiger charge is -2.36. The average molecular weight is 426 g/mol. The number of nitrogens with zero attached hydrogens (tertiary/aromatic N) is 3. The zero-order valence-electron chi connectivity index (χ0n) is 14.3. The molecule has 0 aromatic rings. The highest BCUT2D eigenvalue weighted by molar-refractivity contribution is 14.0. The van der Waals surface area contributed by atoms with Gasteiger partial charge in [0.25, 0.3) is 0 Å². The van der Waals surface area contributed by atoms with Crippen molar-refractivity contribution in [3.8, 4) is 0 Å². The highest BCUT2D eigenvalue weighted by atomic mass is 127. The maximum Gasteiger partial charge on any atom is 0.219 e. The standard InChI is InChI=1S/C15H30N4O2.HI/c1-5-16-15(17-6-11-21-12-13(2)3)19-9-7-18(8-10-19)14(4)20;/h13H,5-12H2,1-4H3,(H,16,17);1H. The second-order valence-corrected chi connectivity index (χ2v) is 5.70. The quantitative estimate of drug-likeness (QED) is 0.302. The molecule has 0 aromatic carbocycles. The lowest BCUT2D eigenvalue weighted by atomic mass is 10.2. The molecule has 0 spiro atoms. The Balaban J connectivity index is 0.00000441. The fraction of sp³-hybridized carbons (Fsp3) is 0.867. The largest absolute Gasteiger partial charge is 0.379 e. The fourth-order valence-corrected chi connectivity index (χ4v) is 2.19. The summed E-state index contributed by atoms with van der Waals surface area (Å²) in [5.41, 5.74) is 0. The van der Waals surface area contributed by atoms with Gasteiger partial charge < -0.3 is 19.9 Å². The Labute approximate surface area is 151 Å². The van der Waals surface area contributed by atoms with E-state index in [1.807, 2.05) is 4.90 Å². The van der Waals surface area contributed by atoms with E-state index in [1.165, 1.54) is 0 Å². The third-order valence-corrected chi connectivity index (χ3v) is 3.31. The van der Waals surface area contributed by atoms with E-state index in [1.54, 1.807) is 6.92 Å². The molecule has 6 nitrogen and oxygen atoms in total. The third kappa shape index (κ3) is 8.17. The molecule has 1 rings (SSSR count). The molecule has 1 aliphatic heterocycles. The molecule has 1 heterocycles.